The molecule has 0 atom stereocenters. The third-order valence-electron chi connectivity index (χ3n) is 1.58. The first kappa shape index (κ1) is 8.71. The van der Waals surface area contributed by atoms with Crippen molar-refractivity contribution < 1.29 is 9.90 Å². The van der Waals surface area contributed by atoms with E-state index in [1.165, 1.54) is 6.92 Å². The molecule has 1 N–H and O–H groups in total. The van der Waals surface area contributed by atoms with E-state index in [1.54, 1.807) is 18.3 Å². The Morgan fingerprint density at radius 2 is 2.42 bits per heavy atom. The number of carbonyl (C=O) groups excluding carboxylic acids is 1. The molecule has 1 aromatic rings. The van der Waals surface area contributed by atoms with E-state index in [4.69, 9.17) is 0 Å². The molecule has 0 fully saturated rings. The Kier molecular flexibility index (Phi) is 2.80. The van der Waals surface area contributed by atoms with Crippen molar-refractivity contribution in [3.8, 4) is 5.75 Å². The standard InChI is InChI=1S/C9H11NO2/c1-7(11)4-5-8-9(12)3-2-6-10-8/h2-3,6,12H,4-5H2,1H3. The Morgan fingerprint density at radius 1 is 1.67 bits per heavy atom. The minimum atomic E-state index is 0.111. The maximum Gasteiger partial charge on any atom is 0.137 e. The zero-order valence-corrected chi connectivity index (χ0v) is 6.95. The van der Waals surface area contributed by atoms with Crippen LogP contribution >= 0.6 is 0 Å². The van der Waals surface area contributed by atoms with Crippen molar-refractivity contribution in [1.82, 2.24) is 4.98 Å². The van der Waals surface area contributed by atoms with E-state index in [-0.39, 0.29) is 11.5 Å². The highest BCUT2D eigenvalue weighted by Crippen LogP contribution is 2.13. The second kappa shape index (κ2) is 3.85. The molecular weight excluding hydrogens is 154 g/mol. The number of aromatic hydroxyl groups is 1. The van der Waals surface area contributed by atoms with Crippen LogP contribution in [0.15, 0.2) is 18.3 Å². The molecule has 0 saturated heterocycles. The average molecular weight is 165 g/mol. The molecule has 0 aliphatic carbocycles. The number of rotatable bonds is 3. The van der Waals surface area contributed by atoms with E-state index < -0.39 is 0 Å². The molecule has 0 unspecified atom stereocenters. The topological polar surface area (TPSA) is 50.2 Å². The Hall–Kier alpha value is -1.38. The zero-order valence-electron chi connectivity index (χ0n) is 6.95. The lowest BCUT2D eigenvalue weighted by atomic mass is 10.1. The van der Waals surface area contributed by atoms with Crippen LogP contribution < -0.4 is 0 Å². The molecule has 0 spiro atoms. The van der Waals surface area contributed by atoms with Crippen LogP contribution in [0.4, 0.5) is 0 Å². The van der Waals surface area contributed by atoms with Crippen LogP contribution in [0.2, 0.25) is 0 Å². The highest BCUT2D eigenvalue weighted by Gasteiger charge is 2.02. The van der Waals surface area contributed by atoms with Crippen molar-refractivity contribution in [3.05, 3.63) is 24.0 Å². The maximum atomic E-state index is 10.6. The van der Waals surface area contributed by atoms with Gasteiger partial charge in [-0.15, -0.1) is 0 Å². The van der Waals surface area contributed by atoms with E-state index in [0.29, 0.717) is 18.5 Å². The summed E-state index contributed by atoms with van der Waals surface area (Å²) >= 11 is 0. The molecule has 0 radical (unpaired) electrons. The molecule has 0 aliphatic rings. The van der Waals surface area contributed by atoms with Crippen molar-refractivity contribution >= 4 is 5.78 Å². The van der Waals surface area contributed by atoms with Gasteiger partial charge in [0.2, 0.25) is 0 Å². The number of ketones is 1. The molecular formula is C9H11NO2. The lowest BCUT2D eigenvalue weighted by Gasteiger charge is -1.99. The Labute approximate surface area is 71.1 Å². The second-order valence-electron chi connectivity index (χ2n) is 2.67. The summed E-state index contributed by atoms with van der Waals surface area (Å²) in [6.45, 7) is 1.53. The first-order chi connectivity index (χ1) is 5.70. The number of aromatic nitrogens is 1. The van der Waals surface area contributed by atoms with Crippen molar-refractivity contribution in [2.45, 2.75) is 19.8 Å². The van der Waals surface area contributed by atoms with Gasteiger partial charge >= 0.3 is 0 Å². The van der Waals surface area contributed by atoms with Crippen molar-refractivity contribution in [3.63, 3.8) is 0 Å². The van der Waals surface area contributed by atoms with Gasteiger partial charge in [-0.25, -0.2) is 0 Å². The van der Waals surface area contributed by atoms with E-state index in [0.717, 1.165) is 0 Å². The number of Topliss-reactive ketones (excluding diaryl/α,β-unsaturated/α-hetero) is 1. The molecule has 1 rings (SSSR count). The summed E-state index contributed by atoms with van der Waals surface area (Å²) in [4.78, 5) is 14.6. The smallest absolute Gasteiger partial charge is 0.137 e. The van der Waals surface area contributed by atoms with E-state index >= 15 is 0 Å². The summed E-state index contributed by atoms with van der Waals surface area (Å²) < 4.78 is 0. The maximum absolute atomic E-state index is 10.6. The van der Waals surface area contributed by atoms with Crippen molar-refractivity contribution in [2.75, 3.05) is 0 Å². The van der Waals surface area contributed by atoms with Gasteiger partial charge in [-0.3, -0.25) is 4.98 Å². The molecule has 0 aromatic carbocycles. The quantitative estimate of drug-likeness (QED) is 0.734. The van der Waals surface area contributed by atoms with Gasteiger partial charge < -0.3 is 9.90 Å². The van der Waals surface area contributed by atoms with Crippen LogP contribution in [-0.2, 0) is 11.2 Å². The summed E-state index contributed by atoms with van der Waals surface area (Å²) in [5, 5.41) is 9.25. The summed E-state index contributed by atoms with van der Waals surface area (Å²) in [6, 6.07) is 3.23. The first-order valence-electron chi connectivity index (χ1n) is 3.82. The van der Waals surface area contributed by atoms with Gasteiger partial charge in [-0.05, 0) is 19.1 Å². The number of aryl methyl sites for hydroxylation is 1. The minimum Gasteiger partial charge on any atom is -0.506 e. The van der Waals surface area contributed by atoms with Gasteiger partial charge in [0.1, 0.15) is 11.5 Å². The molecule has 1 aromatic heterocycles. The predicted octanol–water partition coefficient (Wildman–Crippen LogP) is 1.31. The molecule has 0 saturated carbocycles. The van der Waals surface area contributed by atoms with Gasteiger partial charge in [0.15, 0.2) is 0 Å². The van der Waals surface area contributed by atoms with Crippen molar-refractivity contribution in [2.24, 2.45) is 0 Å². The SMILES string of the molecule is CC(=O)CCc1ncccc1O. The van der Waals surface area contributed by atoms with Crippen LogP contribution in [0.5, 0.6) is 5.75 Å². The van der Waals surface area contributed by atoms with Gasteiger partial charge in [0, 0.05) is 19.0 Å². The molecule has 64 valence electrons. The van der Waals surface area contributed by atoms with Gasteiger partial charge in [0.05, 0.1) is 5.69 Å². The van der Waals surface area contributed by atoms with Crippen LogP contribution in [-0.4, -0.2) is 15.9 Å². The number of hydrogen-bond acceptors (Lipinski definition) is 3. The van der Waals surface area contributed by atoms with E-state index in [9.17, 15) is 9.90 Å². The van der Waals surface area contributed by atoms with Crippen LogP contribution in [0, 0.1) is 0 Å². The van der Waals surface area contributed by atoms with E-state index in [2.05, 4.69) is 4.98 Å². The number of carbonyl (C=O) groups is 1. The molecule has 0 bridgehead atoms. The monoisotopic (exact) mass is 165 g/mol. The molecule has 3 nitrogen and oxygen atoms in total. The highest BCUT2D eigenvalue weighted by atomic mass is 16.3. The summed E-state index contributed by atoms with van der Waals surface area (Å²) in [6.07, 6.45) is 2.56. The molecule has 12 heavy (non-hydrogen) atoms. The van der Waals surface area contributed by atoms with Gasteiger partial charge in [-0.2, -0.15) is 0 Å². The number of nitrogens with zero attached hydrogens (tertiary/aromatic N) is 1. The van der Waals surface area contributed by atoms with E-state index in [1.807, 2.05) is 0 Å². The largest absolute Gasteiger partial charge is 0.506 e. The fourth-order valence-corrected chi connectivity index (χ4v) is 0.917. The summed E-state index contributed by atoms with van der Waals surface area (Å²) in [5.41, 5.74) is 0.590. The Bertz CT molecular complexity index is 284. The van der Waals surface area contributed by atoms with Crippen molar-refractivity contribution in [1.29, 1.82) is 0 Å². The molecule has 1 heterocycles. The first-order valence-corrected chi connectivity index (χ1v) is 3.82. The van der Waals surface area contributed by atoms with Crippen LogP contribution in [0.25, 0.3) is 0 Å². The van der Waals surface area contributed by atoms with Gasteiger partial charge in [0.25, 0.3) is 0 Å². The fourth-order valence-electron chi connectivity index (χ4n) is 0.917. The summed E-state index contributed by atoms with van der Waals surface area (Å²) in [5.74, 6) is 0.277. The fraction of sp³-hybridized carbons (Fsp3) is 0.333. The Morgan fingerprint density at radius 3 is 3.00 bits per heavy atom. The van der Waals surface area contributed by atoms with Crippen LogP contribution in [0.1, 0.15) is 19.0 Å². The predicted molar refractivity (Wildman–Crippen MR) is 44.9 cm³/mol. The second-order valence-corrected chi connectivity index (χ2v) is 2.67. The highest BCUT2D eigenvalue weighted by molar-refractivity contribution is 5.75. The number of hydrogen-bond donors (Lipinski definition) is 1. The molecule has 3 heteroatoms. The van der Waals surface area contributed by atoms with Gasteiger partial charge in [-0.1, -0.05) is 0 Å². The lowest BCUT2D eigenvalue weighted by molar-refractivity contribution is -0.116. The third kappa shape index (κ3) is 2.34. The summed E-state index contributed by atoms with van der Waals surface area (Å²) in [7, 11) is 0. The minimum absolute atomic E-state index is 0.111. The normalized spacial score (nSPS) is 9.75. The lowest BCUT2D eigenvalue weighted by Crippen LogP contribution is -1.96. The average Bonchev–Trinajstić information content (AvgIpc) is 2.03. The third-order valence-corrected chi connectivity index (χ3v) is 1.58. The van der Waals surface area contributed by atoms with Crippen LogP contribution in [0.3, 0.4) is 0 Å². The zero-order chi connectivity index (χ0) is 8.97. The number of pyridine rings is 1. The Balaban J connectivity index is 2.63. The molecule has 0 aliphatic heterocycles. The molecule has 0 amide bonds.